The van der Waals surface area contributed by atoms with Gasteiger partial charge in [-0.3, -0.25) is 0 Å². The Kier molecular flexibility index (Phi) is 7.20. The lowest BCUT2D eigenvalue weighted by molar-refractivity contribution is -0.0811. The van der Waals surface area contributed by atoms with Crippen LogP contribution in [0.25, 0.3) is 10.8 Å². The Morgan fingerprint density at radius 3 is 2.35 bits per heavy atom. The zero-order chi connectivity index (χ0) is 23.7. The van der Waals surface area contributed by atoms with E-state index in [1.54, 1.807) is 0 Å². The van der Waals surface area contributed by atoms with Crippen LogP contribution in [0.4, 0.5) is 0 Å². The molecule has 0 bridgehead atoms. The number of benzene rings is 3. The molecule has 5 rings (SSSR count). The van der Waals surface area contributed by atoms with Gasteiger partial charge in [0.15, 0.2) is 0 Å². The van der Waals surface area contributed by atoms with Gasteiger partial charge in [-0.1, -0.05) is 65.7 Å². The molecule has 2 fully saturated rings. The van der Waals surface area contributed by atoms with Crippen molar-refractivity contribution in [2.75, 3.05) is 39.8 Å². The predicted molar refractivity (Wildman–Crippen MR) is 143 cm³/mol. The Balaban J connectivity index is 1.42. The molecule has 1 N–H and O–H groups in total. The van der Waals surface area contributed by atoms with Gasteiger partial charge >= 0.3 is 0 Å². The fourth-order valence-electron chi connectivity index (χ4n) is 5.95. The third-order valence-electron chi connectivity index (χ3n) is 8.11. The largest absolute Gasteiger partial charge is 0.385 e. The number of fused-ring (bicyclic) bond motifs is 1. The standard InChI is InChI=1S/C29H34Cl2N2O/c1-32-13-15-33(16-14-32)20-25-17-21(18-26-27(30)7-4-8-28(26)31)11-12-29(25,34)24-10-9-22-5-2-3-6-23(22)19-24/h2-10,19,21,25,34H,11-18,20H2,1H3. The van der Waals surface area contributed by atoms with E-state index in [2.05, 4.69) is 59.3 Å². The Morgan fingerprint density at radius 1 is 0.912 bits per heavy atom. The summed E-state index contributed by atoms with van der Waals surface area (Å²) >= 11 is 13.0. The molecule has 1 saturated heterocycles. The lowest BCUT2D eigenvalue weighted by Gasteiger charge is -2.46. The summed E-state index contributed by atoms with van der Waals surface area (Å²) in [5, 5.41) is 16.2. The highest BCUT2D eigenvalue weighted by molar-refractivity contribution is 6.36. The van der Waals surface area contributed by atoms with Crippen LogP contribution in [0.3, 0.4) is 0 Å². The number of likely N-dealkylation sites (N-methyl/N-ethyl adjacent to an activating group) is 1. The van der Waals surface area contributed by atoms with E-state index in [9.17, 15) is 5.11 Å². The Bertz CT molecular complexity index is 1120. The van der Waals surface area contributed by atoms with Crippen LogP contribution >= 0.6 is 23.2 Å². The Morgan fingerprint density at radius 2 is 1.62 bits per heavy atom. The highest BCUT2D eigenvalue weighted by Gasteiger charge is 2.44. The van der Waals surface area contributed by atoms with Crippen molar-refractivity contribution >= 4 is 34.0 Å². The number of hydrogen-bond donors (Lipinski definition) is 1. The maximum Gasteiger partial charge on any atom is 0.0937 e. The molecule has 3 unspecified atom stereocenters. The number of halogens is 2. The van der Waals surface area contributed by atoms with Gasteiger partial charge in [0.1, 0.15) is 0 Å². The number of aliphatic hydroxyl groups is 1. The van der Waals surface area contributed by atoms with Crippen molar-refractivity contribution in [1.82, 2.24) is 9.80 Å². The van der Waals surface area contributed by atoms with Gasteiger partial charge in [0.05, 0.1) is 5.60 Å². The van der Waals surface area contributed by atoms with Crippen molar-refractivity contribution < 1.29 is 5.11 Å². The highest BCUT2D eigenvalue weighted by atomic mass is 35.5. The lowest BCUT2D eigenvalue weighted by atomic mass is 9.66. The average Bonchev–Trinajstić information content (AvgIpc) is 2.84. The first-order valence-corrected chi connectivity index (χ1v) is 13.2. The normalized spacial score (nSPS) is 26.7. The molecular formula is C29H34Cl2N2O. The monoisotopic (exact) mass is 496 g/mol. The molecule has 3 aromatic rings. The number of hydrogen-bond acceptors (Lipinski definition) is 3. The number of rotatable bonds is 5. The molecule has 1 aliphatic carbocycles. The number of nitrogens with zero attached hydrogens (tertiary/aromatic N) is 2. The minimum absolute atomic E-state index is 0.164. The zero-order valence-electron chi connectivity index (χ0n) is 19.9. The second kappa shape index (κ2) is 10.2. The summed E-state index contributed by atoms with van der Waals surface area (Å²) in [6, 6.07) is 20.7. The molecule has 3 nitrogen and oxygen atoms in total. The van der Waals surface area contributed by atoms with Crippen molar-refractivity contribution in [2.24, 2.45) is 11.8 Å². The third kappa shape index (κ3) is 5.01. The van der Waals surface area contributed by atoms with Gasteiger partial charge in [0.25, 0.3) is 0 Å². The van der Waals surface area contributed by atoms with E-state index < -0.39 is 5.60 Å². The molecule has 1 heterocycles. The minimum atomic E-state index is -0.825. The SMILES string of the molecule is CN1CCN(CC2CC(Cc3c(Cl)cccc3Cl)CCC2(O)c2ccc3ccccc3c2)CC1. The van der Waals surface area contributed by atoms with E-state index in [1.165, 1.54) is 10.8 Å². The molecule has 0 aromatic heterocycles. The van der Waals surface area contributed by atoms with Crippen LogP contribution in [-0.2, 0) is 12.0 Å². The van der Waals surface area contributed by atoms with E-state index >= 15 is 0 Å². The summed E-state index contributed by atoms with van der Waals surface area (Å²) in [6.45, 7) is 5.20. The van der Waals surface area contributed by atoms with E-state index in [-0.39, 0.29) is 5.92 Å². The van der Waals surface area contributed by atoms with Crippen LogP contribution in [0.5, 0.6) is 0 Å². The zero-order valence-corrected chi connectivity index (χ0v) is 21.4. The smallest absolute Gasteiger partial charge is 0.0937 e. The van der Waals surface area contributed by atoms with Crippen LogP contribution in [0.1, 0.15) is 30.4 Å². The van der Waals surface area contributed by atoms with Crippen LogP contribution in [-0.4, -0.2) is 54.7 Å². The summed E-state index contributed by atoms with van der Waals surface area (Å²) in [5.74, 6) is 0.618. The molecule has 180 valence electrons. The number of piperazine rings is 1. The van der Waals surface area contributed by atoms with Crippen molar-refractivity contribution in [3.63, 3.8) is 0 Å². The second-order valence-electron chi connectivity index (χ2n) is 10.3. The quantitative estimate of drug-likeness (QED) is 0.452. The van der Waals surface area contributed by atoms with Crippen molar-refractivity contribution in [2.45, 2.75) is 31.3 Å². The summed E-state index contributed by atoms with van der Waals surface area (Å²) in [5.41, 5.74) is 1.28. The van der Waals surface area contributed by atoms with Crippen LogP contribution in [0.15, 0.2) is 60.7 Å². The molecule has 3 atom stereocenters. The van der Waals surface area contributed by atoms with E-state index in [4.69, 9.17) is 23.2 Å². The fourth-order valence-corrected chi connectivity index (χ4v) is 6.50. The van der Waals surface area contributed by atoms with Crippen molar-refractivity contribution in [1.29, 1.82) is 0 Å². The van der Waals surface area contributed by atoms with Gasteiger partial charge in [0, 0.05) is 48.7 Å². The molecule has 0 amide bonds. The molecule has 0 radical (unpaired) electrons. The van der Waals surface area contributed by atoms with Crippen molar-refractivity contribution in [3.8, 4) is 0 Å². The second-order valence-corrected chi connectivity index (χ2v) is 11.1. The van der Waals surface area contributed by atoms with Gasteiger partial charge < -0.3 is 14.9 Å². The van der Waals surface area contributed by atoms with Gasteiger partial charge in [-0.2, -0.15) is 0 Å². The molecule has 1 saturated carbocycles. The predicted octanol–water partition coefficient (Wildman–Crippen LogP) is 6.24. The first-order valence-electron chi connectivity index (χ1n) is 12.5. The topological polar surface area (TPSA) is 26.7 Å². The van der Waals surface area contributed by atoms with Gasteiger partial charge in [-0.25, -0.2) is 0 Å². The summed E-state index contributed by atoms with van der Waals surface area (Å²) in [7, 11) is 2.19. The summed E-state index contributed by atoms with van der Waals surface area (Å²) < 4.78 is 0. The molecule has 3 aromatic carbocycles. The maximum atomic E-state index is 12.2. The first-order chi connectivity index (χ1) is 16.4. The van der Waals surface area contributed by atoms with Gasteiger partial charge in [-0.05, 0) is 78.7 Å². The Labute approximate surface area is 213 Å². The molecule has 5 heteroatoms. The van der Waals surface area contributed by atoms with Crippen LogP contribution in [0, 0.1) is 11.8 Å². The molecule has 34 heavy (non-hydrogen) atoms. The maximum absolute atomic E-state index is 12.2. The molecule has 2 aliphatic rings. The van der Waals surface area contributed by atoms with Crippen LogP contribution in [0.2, 0.25) is 10.0 Å². The van der Waals surface area contributed by atoms with E-state index in [0.29, 0.717) is 5.92 Å². The first kappa shape index (κ1) is 24.1. The van der Waals surface area contributed by atoms with Crippen molar-refractivity contribution in [3.05, 3.63) is 81.8 Å². The van der Waals surface area contributed by atoms with Gasteiger partial charge in [-0.15, -0.1) is 0 Å². The average molecular weight is 498 g/mol. The fraction of sp³-hybridized carbons (Fsp3) is 0.448. The van der Waals surface area contributed by atoms with E-state index in [1.807, 2.05) is 18.2 Å². The Hall–Kier alpha value is -1.62. The molecular weight excluding hydrogens is 463 g/mol. The molecule has 0 spiro atoms. The minimum Gasteiger partial charge on any atom is -0.385 e. The summed E-state index contributed by atoms with van der Waals surface area (Å²) in [6.07, 6.45) is 3.56. The lowest BCUT2D eigenvalue weighted by Crippen LogP contribution is -2.51. The third-order valence-corrected chi connectivity index (χ3v) is 8.81. The molecule has 1 aliphatic heterocycles. The van der Waals surface area contributed by atoms with Gasteiger partial charge in [0.2, 0.25) is 0 Å². The van der Waals surface area contributed by atoms with E-state index in [0.717, 1.165) is 79.6 Å². The van der Waals surface area contributed by atoms with Crippen LogP contribution < -0.4 is 0 Å². The highest BCUT2D eigenvalue weighted by Crippen LogP contribution is 2.46. The summed E-state index contributed by atoms with van der Waals surface area (Å²) in [4.78, 5) is 4.93.